The highest BCUT2D eigenvalue weighted by molar-refractivity contribution is 6.25. The summed E-state index contributed by atoms with van der Waals surface area (Å²) in [4.78, 5) is 10.8. The number of fused-ring (bicyclic) bond motifs is 11. The number of para-hydroxylation sites is 2. The van der Waals surface area contributed by atoms with Crippen LogP contribution >= 0.6 is 0 Å². The van der Waals surface area contributed by atoms with E-state index in [1.165, 1.54) is 32.3 Å². The fourth-order valence-electron chi connectivity index (χ4n) is 9.26. The number of furan rings is 2. The molecule has 0 fully saturated rings. The van der Waals surface area contributed by atoms with Crippen LogP contribution in [0.5, 0.6) is 0 Å². The predicted molar refractivity (Wildman–Crippen MR) is 242 cm³/mol. The molecule has 12 aromatic rings. The van der Waals surface area contributed by atoms with Gasteiger partial charge in [-0.25, -0.2) is 9.98 Å². The molecular formula is C53H32N4O2. The van der Waals surface area contributed by atoms with Crippen LogP contribution in [0.2, 0.25) is 0 Å². The van der Waals surface area contributed by atoms with Crippen LogP contribution < -0.4 is 5.32 Å². The van der Waals surface area contributed by atoms with Crippen molar-refractivity contribution in [1.82, 2.24) is 9.88 Å². The molecule has 1 atom stereocenters. The Balaban J connectivity index is 1.14. The fraction of sp³-hybridized carbons (Fsp3) is 0.0189. The molecule has 59 heavy (non-hydrogen) atoms. The zero-order chi connectivity index (χ0) is 38.6. The quantitative estimate of drug-likeness (QED) is 0.194. The Kier molecular flexibility index (Phi) is 6.69. The highest BCUT2D eigenvalue weighted by Gasteiger charge is 2.28. The summed E-state index contributed by atoms with van der Waals surface area (Å²) in [6.45, 7) is 0. The third kappa shape index (κ3) is 4.87. The number of rotatable bonds is 4. The topological polar surface area (TPSA) is 68.0 Å². The highest BCUT2D eigenvalue weighted by atomic mass is 16.3. The average Bonchev–Trinajstić information content (AvgIpc) is 3.96. The monoisotopic (exact) mass is 756 g/mol. The average molecular weight is 757 g/mol. The Bertz CT molecular complexity index is 3680. The Morgan fingerprint density at radius 3 is 1.75 bits per heavy atom. The van der Waals surface area contributed by atoms with Gasteiger partial charge in [-0.2, -0.15) is 0 Å². The zero-order valence-electron chi connectivity index (χ0n) is 31.6. The number of aromatic nitrogens is 1. The zero-order valence-corrected chi connectivity index (χ0v) is 31.6. The maximum absolute atomic E-state index is 6.61. The summed E-state index contributed by atoms with van der Waals surface area (Å²) >= 11 is 0. The van der Waals surface area contributed by atoms with Crippen molar-refractivity contribution >= 4 is 98.9 Å². The van der Waals surface area contributed by atoms with Gasteiger partial charge in [0.1, 0.15) is 34.3 Å². The van der Waals surface area contributed by atoms with Gasteiger partial charge in [0.05, 0.1) is 22.3 Å². The van der Waals surface area contributed by atoms with Gasteiger partial charge in [0, 0.05) is 37.9 Å². The molecule has 0 amide bonds. The molecule has 0 spiro atoms. The number of hydrogen-bond acceptors (Lipinski definition) is 5. The van der Waals surface area contributed by atoms with Gasteiger partial charge in [0.25, 0.3) is 0 Å². The van der Waals surface area contributed by atoms with E-state index in [0.717, 1.165) is 77.3 Å². The van der Waals surface area contributed by atoms with Crippen LogP contribution in [0.4, 0.5) is 0 Å². The Morgan fingerprint density at radius 2 is 1.03 bits per heavy atom. The lowest BCUT2D eigenvalue weighted by Crippen LogP contribution is -2.34. The first-order valence-electron chi connectivity index (χ1n) is 19.9. The molecule has 0 bridgehead atoms. The Labute approximate surface area is 336 Å². The molecular weight excluding hydrogens is 725 g/mol. The van der Waals surface area contributed by atoms with Crippen molar-refractivity contribution in [2.45, 2.75) is 6.17 Å². The number of aliphatic imine (C=N–C) groups is 2. The first kappa shape index (κ1) is 32.2. The van der Waals surface area contributed by atoms with Gasteiger partial charge in [-0.1, -0.05) is 121 Å². The lowest BCUT2D eigenvalue weighted by atomic mass is 10.0. The molecule has 276 valence electrons. The van der Waals surface area contributed by atoms with Crippen LogP contribution in [-0.2, 0) is 0 Å². The number of amidine groups is 2. The SMILES string of the molecule is c1ccc(C2N=C(c3ccc4c(c3)oc3ccccc34)N=C(c3c(-n4c5cc6ccccc6cc5c5cc6ccccc6cc54)ccc4oc5ccccc5c34)N2)cc1. The van der Waals surface area contributed by atoms with Crippen molar-refractivity contribution in [3.8, 4) is 5.69 Å². The second-order valence-corrected chi connectivity index (χ2v) is 15.4. The Hall–Kier alpha value is -7.96. The van der Waals surface area contributed by atoms with Crippen molar-refractivity contribution < 1.29 is 8.83 Å². The molecule has 4 heterocycles. The summed E-state index contributed by atoms with van der Waals surface area (Å²) in [6, 6.07) is 64.0. The molecule has 1 aliphatic rings. The van der Waals surface area contributed by atoms with E-state index >= 15 is 0 Å². The minimum atomic E-state index is -0.419. The first-order chi connectivity index (χ1) is 29.2. The van der Waals surface area contributed by atoms with Crippen LogP contribution in [0, 0.1) is 0 Å². The lowest BCUT2D eigenvalue weighted by molar-refractivity contribution is 0.667. The maximum atomic E-state index is 6.61. The van der Waals surface area contributed by atoms with E-state index in [1.54, 1.807) is 0 Å². The van der Waals surface area contributed by atoms with Gasteiger partial charge in [-0.15, -0.1) is 0 Å². The normalized spacial score (nSPS) is 14.6. The molecule has 1 N–H and O–H groups in total. The summed E-state index contributed by atoms with van der Waals surface area (Å²) < 4.78 is 15.4. The van der Waals surface area contributed by atoms with Gasteiger partial charge < -0.3 is 18.7 Å². The minimum Gasteiger partial charge on any atom is -0.456 e. The number of benzene rings is 9. The maximum Gasteiger partial charge on any atom is 0.159 e. The third-order valence-electron chi connectivity index (χ3n) is 12.0. The van der Waals surface area contributed by atoms with Crippen LogP contribution in [0.3, 0.4) is 0 Å². The van der Waals surface area contributed by atoms with Crippen LogP contribution in [0.1, 0.15) is 22.9 Å². The first-order valence-corrected chi connectivity index (χ1v) is 19.9. The van der Waals surface area contributed by atoms with Crippen LogP contribution in [0.25, 0.3) is 92.9 Å². The third-order valence-corrected chi connectivity index (χ3v) is 12.0. The molecule has 13 rings (SSSR count). The summed E-state index contributed by atoms with van der Waals surface area (Å²) in [5.74, 6) is 1.32. The van der Waals surface area contributed by atoms with Gasteiger partial charge >= 0.3 is 0 Å². The molecule has 0 radical (unpaired) electrons. The second kappa shape index (κ2) is 12.3. The molecule has 1 unspecified atom stereocenters. The summed E-state index contributed by atoms with van der Waals surface area (Å²) in [5.41, 5.74) is 9.31. The summed E-state index contributed by atoms with van der Waals surface area (Å²) in [7, 11) is 0. The van der Waals surface area contributed by atoms with Gasteiger partial charge in [0.2, 0.25) is 0 Å². The molecule has 6 nitrogen and oxygen atoms in total. The van der Waals surface area contributed by atoms with E-state index in [4.69, 9.17) is 18.8 Å². The largest absolute Gasteiger partial charge is 0.456 e. The smallest absolute Gasteiger partial charge is 0.159 e. The number of nitrogens with zero attached hydrogens (tertiary/aromatic N) is 3. The molecule has 0 saturated carbocycles. The van der Waals surface area contributed by atoms with E-state index < -0.39 is 6.17 Å². The van der Waals surface area contributed by atoms with Gasteiger partial charge in [-0.05, 0) is 87.8 Å². The number of hydrogen-bond donors (Lipinski definition) is 1. The second-order valence-electron chi connectivity index (χ2n) is 15.4. The van der Waals surface area contributed by atoms with Crippen molar-refractivity contribution in [2.24, 2.45) is 9.98 Å². The molecule has 0 aliphatic carbocycles. The van der Waals surface area contributed by atoms with Crippen molar-refractivity contribution in [3.63, 3.8) is 0 Å². The molecule has 6 heteroatoms. The molecule has 3 aromatic heterocycles. The minimum absolute atomic E-state index is 0.419. The van der Waals surface area contributed by atoms with Crippen LogP contribution in [0.15, 0.2) is 201 Å². The number of nitrogens with one attached hydrogen (secondary N) is 1. The predicted octanol–water partition coefficient (Wildman–Crippen LogP) is 13.4. The lowest BCUT2D eigenvalue weighted by Gasteiger charge is -2.25. The van der Waals surface area contributed by atoms with Gasteiger partial charge in [-0.3, -0.25) is 0 Å². The van der Waals surface area contributed by atoms with E-state index in [0.29, 0.717) is 11.7 Å². The van der Waals surface area contributed by atoms with E-state index in [1.807, 2.05) is 36.4 Å². The van der Waals surface area contributed by atoms with E-state index in [-0.39, 0.29) is 0 Å². The van der Waals surface area contributed by atoms with Crippen molar-refractivity contribution in [3.05, 3.63) is 199 Å². The van der Waals surface area contributed by atoms with Crippen LogP contribution in [-0.4, -0.2) is 16.2 Å². The van der Waals surface area contributed by atoms with Crippen molar-refractivity contribution in [2.75, 3.05) is 0 Å². The van der Waals surface area contributed by atoms with Crippen molar-refractivity contribution in [1.29, 1.82) is 0 Å². The molecule has 0 saturated heterocycles. The van der Waals surface area contributed by atoms with Gasteiger partial charge in [0.15, 0.2) is 5.84 Å². The van der Waals surface area contributed by atoms with E-state index in [9.17, 15) is 0 Å². The summed E-state index contributed by atoms with van der Waals surface area (Å²) in [5, 5.41) is 15.1. The highest BCUT2D eigenvalue weighted by Crippen LogP contribution is 2.42. The fourth-order valence-corrected chi connectivity index (χ4v) is 9.26. The molecule has 1 aliphatic heterocycles. The Morgan fingerprint density at radius 1 is 0.458 bits per heavy atom. The molecule has 9 aromatic carbocycles. The van der Waals surface area contributed by atoms with E-state index in [2.05, 4.69) is 155 Å². The summed E-state index contributed by atoms with van der Waals surface area (Å²) in [6.07, 6.45) is -0.419. The standard InChI is InChI=1S/C53H32N4O2/c1-2-12-31(13-3-1)51-54-52(36-22-23-38-37-18-8-10-20-45(37)59-48(38)30-36)56-53(55-51)50-42(24-25-47-49(50)39-19-9-11-21-46(39)58-47)57-43-28-34-16-6-4-14-32(34)26-40(43)41-27-33-15-5-7-17-35(33)29-44(41)57/h1-30,51H,(H,54,55,56).